The Balaban J connectivity index is 1.73. The van der Waals surface area contributed by atoms with E-state index in [0.717, 1.165) is 6.42 Å². The topological polar surface area (TPSA) is 47.6 Å². The molecule has 2 rings (SSSR count). The van der Waals surface area contributed by atoms with Gasteiger partial charge in [0.2, 0.25) is 5.91 Å². The van der Waals surface area contributed by atoms with E-state index >= 15 is 0 Å². The lowest BCUT2D eigenvalue weighted by molar-refractivity contribution is -0.119. The molecule has 4 nitrogen and oxygen atoms in total. The summed E-state index contributed by atoms with van der Waals surface area (Å²) in [6.07, 6.45) is 0.400. The van der Waals surface area contributed by atoms with E-state index in [2.05, 4.69) is 5.32 Å². The molecule has 1 heterocycles. The third kappa shape index (κ3) is 3.98. The Kier molecular flexibility index (Phi) is 4.99. The number of benzene rings is 1. The molecular weight excluding hydrogens is 254 g/mol. The number of carbonyl (C=O) groups excluding carboxylic acids is 1. The first-order valence-corrected chi connectivity index (χ1v) is 6.45. The van der Waals surface area contributed by atoms with Crippen LogP contribution in [-0.4, -0.2) is 37.3 Å². The van der Waals surface area contributed by atoms with Crippen LogP contribution in [0.1, 0.15) is 5.56 Å². The number of nitrogens with one attached hydrogen (secondary N) is 1. The molecule has 1 N–H and O–H groups in total. The highest BCUT2D eigenvalue weighted by molar-refractivity contribution is 6.27. The molecule has 2 atom stereocenters. The van der Waals surface area contributed by atoms with E-state index in [4.69, 9.17) is 21.1 Å². The lowest BCUT2D eigenvalue weighted by Gasteiger charge is -2.11. The molecular formula is C13H16ClNO3. The second-order valence-electron chi connectivity index (χ2n) is 4.15. The third-order valence-corrected chi connectivity index (χ3v) is 2.95. The molecule has 0 bridgehead atoms. The Hall–Kier alpha value is -1.10. The first kappa shape index (κ1) is 13.3. The van der Waals surface area contributed by atoms with Crippen molar-refractivity contribution in [1.29, 1.82) is 0 Å². The van der Waals surface area contributed by atoms with E-state index < -0.39 is 0 Å². The van der Waals surface area contributed by atoms with Crippen LogP contribution in [0.5, 0.6) is 0 Å². The molecule has 0 aromatic heterocycles. The summed E-state index contributed by atoms with van der Waals surface area (Å²) in [6, 6.07) is 10.0. The number of alkyl halides is 1. The van der Waals surface area contributed by atoms with Gasteiger partial charge < -0.3 is 14.8 Å². The molecule has 1 aromatic rings. The number of amides is 1. The number of hydrogen-bond donors (Lipinski definition) is 1. The van der Waals surface area contributed by atoms with Crippen LogP contribution in [0.3, 0.4) is 0 Å². The predicted molar refractivity (Wildman–Crippen MR) is 68.5 cm³/mol. The fourth-order valence-electron chi connectivity index (χ4n) is 1.80. The van der Waals surface area contributed by atoms with Crippen molar-refractivity contribution in [3.8, 4) is 0 Å². The van der Waals surface area contributed by atoms with Crippen molar-refractivity contribution < 1.29 is 14.3 Å². The molecule has 1 saturated heterocycles. The minimum Gasteiger partial charge on any atom is -0.352 e. The molecule has 0 spiro atoms. The predicted octanol–water partition coefficient (Wildman–Crippen LogP) is 1.33. The molecule has 18 heavy (non-hydrogen) atoms. The Labute approximate surface area is 111 Å². The van der Waals surface area contributed by atoms with Gasteiger partial charge in [0.25, 0.3) is 0 Å². The fraction of sp³-hybridized carbons (Fsp3) is 0.462. The number of rotatable bonds is 5. The number of ether oxygens (including phenoxy) is 2. The third-order valence-electron chi connectivity index (χ3n) is 2.71. The van der Waals surface area contributed by atoms with Crippen molar-refractivity contribution in [3.63, 3.8) is 0 Å². The van der Waals surface area contributed by atoms with Crippen LogP contribution < -0.4 is 5.32 Å². The largest absolute Gasteiger partial charge is 0.352 e. The number of carbonyl (C=O) groups is 1. The maximum Gasteiger partial charge on any atom is 0.235 e. The highest BCUT2D eigenvalue weighted by Crippen LogP contribution is 2.15. The summed E-state index contributed by atoms with van der Waals surface area (Å²) in [5.41, 5.74) is 1.17. The van der Waals surface area contributed by atoms with Crippen molar-refractivity contribution in [2.45, 2.75) is 18.8 Å². The Morgan fingerprint density at radius 1 is 1.39 bits per heavy atom. The molecule has 1 amide bonds. The smallest absolute Gasteiger partial charge is 0.235 e. The summed E-state index contributed by atoms with van der Waals surface area (Å²) in [5, 5.41) is 2.68. The zero-order valence-electron chi connectivity index (χ0n) is 9.97. The summed E-state index contributed by atoms with van der Waals surface area (Å²) in [7, 11) is 0. The van der Waals surface area contributed by atoms with Gasteiger partial charge in [-0.3, -0.25) is 4.79 Å². The molecule has 1 fully saturated rings. The van der Waals surface area contributed by atoms with Crippen LogP contribution in [0.15, 0.2) is 30.3 Å². The second-order valence-corrected chi connectivity index (χ2v) is 4.42. The minimum absolute atomic E-state index is 0.0268. The minimum atomic E-state index is -0.231. The maximum atomic E-state index is 11.0. The van der Waals surface area contributed by atoms with Gasteiger partial charge >= 0.3 is 0 Å². The van der Waals surface area contributed by atoms with E-state index in [1.807, 2.05) is 30.3 Å². The van der Waals surface area contributed by atoms with Crippen LogP contribution in [0.2, 0.25) is 0 Å². The van der Waals surface area contributed by atoms with E-state index in [-0.39, 0.29) is 24.2 Å². The first-order chi connectivity index (χ1) is 8.78. The van der Waals surface area contributed by atoms with Crippen LogP contribution in [0.4, 0.5) is 0 Å². The maximum absolute atomic E-state index is 11.0. The highest BCUT2D eigenvalue weighted by atomic mass is 35.5. The summed E-state index contributed by atoms with van der Waals surface area (Å²) < 4.78 is 11.2. The van der Waals surface area contributed by atoms with E-state index in [9.17, 15) is 4.79 Å². The van der Waals surface area contributed by atoms with Crippen LogP contribution in [-0.2, 0) is 20.7 Å². The zero-order valence-corrected chi connectivity index (χ0v) is 10.7. The van der Waals surface area contributed by atoms with Crippen molar-refractivity contribution in [3.05, 3.63) is 35.9 Å². The van der Waals surface area contributed by atoms with Gasteiger partial charge in [-0.15, -0.1) is 11.6 Å². The molecule has 0 saturated carbocycles. The second kappa shape index (κ2) is 6.73. The van der Waals surface area contributed by atoms with Crippen LogP contribution in [0.25, 0.3) is 0 Å². The molecule has 0 radical (unpaired) electrons. The SMILES string of the molecule is O=C(CCl)NCC1COC(Cc2ccccc2)O1. The van der Waals surface area contributed by atoms with Gasteiger partial charge in [-0.1, -0.05) is 30.3 Å². The molecule has 0 aliphatic carbocycles. The van der Waals surface area contributed by atoms with Gasteiger partial charge in [-0.25, -0.2) is 0 Å². The Morgan fingerprint density at radius 3 is 2.89 bits per heavy atom. The monoisotopic (exact) mass is 269 g/mol. The van der Waals surface area contributed by atoms with E-state index in [1.54, 1.807) is 0 Å². The van der Waals surface area contributed by atoms with Gasteiger partial charge in [-0.05, 0) is 5.56 Å². The number of hydrogen-bond acceptors (Lipinski definition) is 3. The van der Waals surface area contributed by atoms with Gasteiger partial charge in [0.05, 0.1) is 6.61 Å². The van der Waals surface area contributed by atoms with Gasteiger partial charge in [0.1, 0.15) is 12.0 Å². The fourth-order valence-corrected chi connectivity index (χ4v) is 1.90. The lowest BCUT2D eigenvalue weighted by atomic mass is 10.1. The summed E-state index contributed by atoms with van der Waals surface area (Å²) in [4.78, 5) is 11.0. The van der Waals surface area contributed by atoms with Gasteiger partial charge in [-0.2, -0.15) is 0 Å². The summed E-state index contributed by atoms with van der Waals surface area (Å²) >= 11 is 5.39. The van der Waals surface area contributed by atoms with Crippen LogP contribution >= 0.6 is 11.6 Å². The van der Waals surface area contributed by atoms with Crippen molar-refractivity contribution in [2.75, 3.05) is 19.0 Å². The average Bonchev–Trinajstić information content (AvgIpc) is 2.85. The standard InChI is InChI=1S/C13H16ClNO3/c14-7-12(16)15-8-11-9-17-13(18-11)6-10-4-2-1-3-5-10/h1-5,11,13H,6-9H2,(H,15,16). The zero-order chi connectivity index (χ0) is 12.8. The molecule has 1 aliphatic heterocycles. The van der Waals surface area contributed by atoms with Crippen molar-refractivity contribution in [1.82, 2.24) is 5.32 Å². The quantitative estimate of drug-likeness (QED) is 0.821. The Morgan fingerprint density at radius 2 is 2.17 bits per heavy atom. The van der Waals surface area contributed by atoms with Crippen molar-refractivity contribution >= 4 is 17.5 Å². The molecule has 5 heteroatoms. The lowest BCUT2D eigenvalue weighted by Crippen LogP contribution is -2.34. The first-order valence-electron chi connectivity index (χ1n) is 5.91. The molecule has 2 unspecified atom stereocenters. The number of halogens is 1. The highest BCUT2D eigenvalue weighted by Gasteiger charge is 2.26. The van der Waals surface area contributed by atoms with E-state index in [0.29, 0.717) is 13.2 Å². The van der Waals surface area contributed by atoms with Gasteiger partial charge in [0, 0.05) is 13.0 Å². The molecule has 1 aliphatic rings. The van der Waals surface area contributed by atoms with Crippen LogP contribution in [0, 0.1) is 0 Å². The van der Waals surface area contributed by atoms with E-state index in [1.165, 1.54) is 5.56 Å². The molecule has 98 valence electrons. The summed E-state index contributed by atoms with van der Waals surface area (Å²) in [5.74, 6) is -0.215. The Bertz CT molecular complexity index is 385. The normalized spacial score (nSPS) is 22.9. The van der Waals surface area contributed by atoms with Crippen molar-refractivity contribution in [2.24, 2.45) is 0 Å². The summed E-state index contributed by atoms with van der Waals surface area (Å²) in [6.45, 7) is 0.941. The average molecular weight is 270 g/mol. The molecule has 1 aromatic carbocycles. The van der Waals surface area contributed by atoms with Gasteiger partial charge in [0.15, 0.2) is 6.29 Å².